The monoisotopic (exact) mass is 259 g/mol. The number of aliphatic carboxylic acids is 1. The van der Waals surface area contributed by atoms with Crippen molar-refractivity contribution in [3.63, 3.8) is 0 Å². The predicted octanol–water partition coefficient (Wildman–Crippen LogP) is 0.147. The van der Waals surface area contributed by atoms with E-state index < -0.39 is 23.9 Å². The molecule has 0 aromatic rings. The molecule has 18 heavy (non-hydrogen) atoms. The van der Waals surface area contributed by atoms with Gasteiger partial charge in [-0.3, -0.25) is 4.79 Å². The highest BCUT2D eigenvalue weighted by Crippen LogP contribution is 2.00. The van der Waals surface area contributed by atoms with E-state index >= 15 is 0 Å². The molecule has 7 heteroatoms. The van der Waals surface area contributed by atoms with Gasteiger partial charge in [-0.15, -0.1) is 0 Å². The number of carboxylic acid groups (broad SMARTS) is 1. The Hall–Kier alpha value is -1.79. The van der Waals surface area contributed by atoms with Gasteiger partial charge in [0.1, 0.15) is 6.04 Å². The van der Waals surface area contributed by atoms with Crippen molar-refractivity contribution in [3.05, 3.63) is 0 Å². The number of hydrogen-bond acceptors (Lipinski definition) is 3. The van der Waals surface area contributed by atoms with Gasteiger partial charge in [0.15, 0.2) is 0 Å². The van der Waals surface area contributed by atoms with Crippen LogP contribution in [0.2, 0.25) is 0 Å². The largest absolute Gasteiger partial charge is 0.480 e. The van der Waals surface area contributed by atoms with Gasteiger partial charge in [-0.2, -0.15) is 0 Å². The Balaban J connectivity index is 4.26. The van der Waals surface area contributed by atoms with E-state index in [-0.39, 0.29) is 12.8 Å². The molecule has 0 aromatic heterocycles. The average Bonchev–Trinajstić information content (AvgIpc) is 2.30. The van der Waals surface area contributed by atoms with Crippen molar-refractivity contribution in [2.45, 2.75) is 38.6 Å². The molecule has 0 saturated carbocycles. The number of unbranched alkanes of at least 4 members (excludes halogenated alkanes) is 1. The standard InChI is InChI=1S/C11H21N3O4/c1-3-4-7-14(2)11(18)13-8(10(16)17)5-6-9(12)15/h8H,3-7H2,1-2H3,(H2,12,15)(H,13,18)(H,16,17)/t8-/m1/s1. The summed E-state index contributed by atoms with van der Waals surface area (Å²) in [5.41, 5.74) is 4.94. The van der Waals surface area contributed by atoms with E-state index in [0.29, 0.717) is 6.54 Å². The van der Waals surface area contributed by atoms with Gasteiger partial charge in [-0.05, 0) is 12.8 Å². The average molecular weight is 259 g/mol. The first-order valence-electron chi connectivity index (χ1n) is 5.91. The molecule has 0 fully saturated rings. The summed E-state index contributed by atoms with van der Waals surface area (Å²) in [7, 11) is 1.60. The normalized spacial score (nSPS) is 11.7. The number of nitrogens with two attached hydrogens (primary N) is 1. The minimum atomic E-state index is -1.17. The molecule has 0 rings (SSSR count). The van der Waals surface area contributed by atoms with Gasteiger partial charge in [0, 0.05) is 20.0 Å². The lowest BCUT2D eigenvalue weighted by Crippen LogP contribution is -2.47. The smallest absolute Gasteiger partial charge is 0.326 e. The van der Waals surface area contributed by atoms with Crippen molar-refractivity contribution in [1.29, 1.82) is 0 Å². The molecule has 0 aliphatic carbocycles. The molecule has 0 saturated heterocycles. The molecule has 0 heterocycles. The van der Waals surface area contributed by atoms with Crippen LogP contribution in [0.15, 0.2) is 0 Å². The van der Waals surface area contributed by atoms with Crippen molar-refractivity contribution in [2.24, 2.45) is 5.73 Å². The molecule has 0 spiro atoms. The Morgan fingerprint density at radius 1 is 1.39 bits per heavy atom. The van der Waals surface area contributed by atoms with E-state index in [4.69, 9.17) is 10.8 Å². The number of urea groups is 1. The first kappa shape index (κ1) is 16.2. The predicted molar refractivity (Wildman–Crippen MR) is 65.9 cm³/mol. The maximum Gasteiger partial charge on any atom is 0.326 e. The second kappa shape index (κ2) is 8.32. The highest BCUT2D eigenvalue weighted by atomic mass is 16.4. The third kappa shape index (κ3) is 6.72. The molecule has 4 N–H and O–H groups in total. The summed E-state index contributed by atoms with van der Waals surface area (Å²) in [4.78, 5) is 34.6. The van der Waals surface area contributed by atoms with Gasteiger partial charge in [0.2, 0.25) is 5.91 Å². The quantitative estimate of drug-likeness (QED) is 0.575. The van der Waals surface area contributed by atoms with Gasteiger partial charge in [0.25, 0.3) is 0 Å². The number of hydrogen-bond donors (Lipinski definition) is 3. The summed E-state index contributed by atoms with van der Waals surface area (Å²) in [6, 6.07) is -1.55. The Morgan fingerprint density at radius 2 is 2.00 bits per heavy atom. The highest BCUT2D eigenvalue weighted by Gasteiger charge is 2.21. The third-order valence-electron chi connectivity index (χ3n) is 2.47. The molecule has 0 unspecified atom stereocenters. The number of primary amides is 1. The molecule has 3 amide bonds. The van der Waals surface area contributed by atoms with Gasteiger partial charge >= 0.3 is 12.0 Å². The first-order chi connectivity index (χ1) is 8.38. The summed E-state index contributed by atoms with van der Waals surface area (Å²) < 4.78 is 0. The second-order valence-electron chi connectivity index (χ2n) is 4.12. The fourth-order valence-corrected chi connectivity index (χ4v) is 1.30. The summed E-state index contributed by atoms with van der Waals surface area (Å²) in [6.45, 7) is 2.56. The Kier molecular flexibility index (Phi) is 7.50. The minimum absolute atomic E-state index is 0.00196. The van der Waals surface area contributed by atoms with Crippen LogP contribution in [0.25, 0.3) is 0 Å². The van der Waals surface area contributed by atoms with Crippen LogP contribution in [0.1, 0.15) is 32.6 Å². The highest BCUT2D eigenvalue weighted by molar-refractivity contribution is 5.83. The lowest BCUT2D eigenvalue weighted by molar-refractivity contribution is -0.139. The molecular weight excluding hydrogens is 238 g/mol. The lowest BCUT2D eigenvalue weighted by atomic mass is 10.1. The minimum Gasteiger partial charge on any atom is -0.480 e. The Morgan fingerprint density at radius 3 is 2.44 bits per heavy atom. The van der Waals surface area contributed by atoms with Crippen LogP contribution in [-0.2, 0) is 9.59 Å². The van der Waals surface area contributed by atoms with Crippen LogP contribution >= 0.6 is 0 Å². The molecule has 0 aliphatic heterocycles. The molecular formula is C11H21N3O4. The number of carbonyl (C=O) groups is 3. The second-order valence-corrected chi connectivity index (χ2v) is 4.12. The van der Waals surface area contributed by atoms with Crippen molar-refractivity contribution in [3.8, 4) is 0 Å². The molecule has 104 valence electrons. The maximum absolute atomic E-state index is 11.6. The van der Waals surface area contributed by atoms with Crippen molar-refractivity contribution < 1.29 is 19.5 Å². The summed E-state index contributed by atoms with van der Waals surface area (Å²) >= 11 is 0. The zero-order valence-electron chi connectivity index (χ0n) is 10.8. The molecule has 0 bridgehead atoms. The van der Waals surface area contributed by atoms with E-state index in [9.17, 15) is 14.4 Å². The number of amides is 3. The topological polar surface area (TPSA) is 113 Å². The summed E-state index contributed by atoms with van der Waals surface area (Å²) in [6.07, 6.45) is 1.72. The SMILES string of the molecule is CCCCN(C)C(=O)N[C@H](CCC(N)=O)C(=O)O. The van der Waals surface area contributed by atoms with Gasteiger partial charge in [-0.25, -0.2) is 9.59 Å². The first-order valence-corrected chi connectivity index (χ1v) is 5.91. The van der Waals surface area contributed by atoms with Crippen LogP contribution in [-0.4, -0.2) is 47.5 Å². The van der Waals surface area contributed by atoms with Crippen molar-refractivity contribution in [1.82, 2.24) is 10.2 Å². The van der Waals surface area contributed by atoms with E-state index in [1.54, 1.807) is 7.05 Å². The number of carboxylic acids is 1. The zero-order valence-corrected chi connectivity index (χ0v) is 10.8. The third-order valence-corrected chi connectivity index (χ3v) is 2.47. The van der Waals surface area contributed by atoms with Crippen LogP contribution in [0.4, 0.5) is 4.79 Å². The van der Waals surface area contributed by atoms with Crippen LogP contribution in [0, 0.1) is 0 Å². The number of rotatable bonds is 8. The summed E-state index contributed by atoms with van der Waals surface area (Å²) in [5.74, 6) is -1.76. The zero-order chi connectivity index (χ0) is 14.1. The molecule has 0 radical (unpaired) electrons. The van der Waals surface area contributed by atoms with Crippen LogP contribution in [0.3, 0.4) is 0 Å². The van der Waals surface area contributed by atoms with Gasteiger partial charge in [0.05, 0.1) is 0 Å². The fourth-order valence-electron chi connectivity index (χ4n) is 1.30. The summed E-state index contributed by atoms with van der Waals surface area (Å²) in [5, 5.41) is 11.3. The fraction of sp³-hybridized carbons (Fsp3) is 0.727. The Labute approximate surface area is 106 Å². The van der Waals surface area contributed by atoms with Gasteiger partial charge < -0.3 is 21.1 Å². The molecule has 0 aromatic carbocycles. The molecule has 1 atom stereocenters. The Bertz CT molecular complexity index is 307. The van der Waals surface area contributed by atoms with E-state index in [1.807, 2.05) is 6.92 Å². The van der Waals surface area contributed by atoms with E-state index in [2.05, 4.69) is 5.32 Å². The molecule has 7 nitrogen and oxygen atoms in total. The number of nitrogens with one attached hydrogen (secondary N) is 1. The maximum atomic E-state index is 11.6. The number of nitrogens with zero attached hydrogens (tertiary/aromatic N) is 1. The molecule has 0 aliphatic rings. The van der Waals surface area contributed by atoms with Crippen molar-refractivity contribution >= 4 is 17.9 Å². The lowest BCUT2D eigenvalue weighted by Gasteiger charge is -2.21. The van der Waals surface area contributed by atoms with Crippen LogP contribution in [0.5, 0.6) is 0 Å². The van der Waals surface area contributed by atoms with E-state index in [0.717, 1.165) is 12.8 Å². The van der Waals surface area contributed by atoms with Crippen LogP contribution < -0.4 is 11.1 Å². The van der Waals surface area contributed by atoms with Gasteiger partial charge in [-0.1, -0.05) is 13.3 Å². The van der Waals surface area contributed by atoms with E-state index in [1.165, 1.54) is 4.90 Å². The number of carbonyl (C=O) groups excluding carboxylic acids is 2. The van der Waals surface area contributed by atoms with Crippen molar-refractivity contribution in [2.75, 3.05) is 13.6 Å².